The summed E-state index contributed by atoms with van der Waals surface area (Å²) >= 11 is 0. The van der Waals surface area contributed by atoms with Crippen molar-refractivity contribution >= 4 is 5.69 Å². The lowest BCUT2D eigenvalue weighted by atomic mass is 9.91. The van der Waals surface area contributed by atoms with Crippen LogP contribution in [0.3, 0.4) is 0 Å². The maximum atomic E-state index is 5.94. The Bertz CT molecular complexity index is 513. The minimum Gasteiger partial charge on any atom is -0.382 e. The zero-order valence-corrected chi connectivity index (χ0v) is 11.0. The Hall–Kier alpha value is -1.81. The molecule has 1 aliphatic rings. The molecule has 4 heteroatoms. The van der Waals surface area contributed by atoms with E-state index in [2.05, 4.69) is 34.7 Å². The molecular weight excluding hydrogens is 236 g/mol. The second kappa shape index (κ2) is 5.45. The van der Waals surface area contributed by atoms with Gasteiger partial charge in [0.25, 0.3) is 0 Å². The van der Waals surface area contributed by atoms with Gasteiger partial charge in [0.2, 0.25) is 0 Å². The van der Waals surface area contributed by atoms with Crippen molar-refractivity contribution in [3.8, 4) is 5.69 Å². The van der Waals surface area contributed by atoms with Gasteiger partial charge in [-0.05, 0) is 49.9 Å². The lowest BCUT2D eigenvalue weighted by Gasteiger charge is -2.27. The topological polar surface area (TPSA) is 55.9 Å². The zero-order valence-electron chi connectivity index (χ0n) is 11.0. The highest BCUT2D eigenvalue weighted by Crippen LogP contribution is 2.22. The van der Waals surface area contributed by atoms with E-state index in [1.807, 2.05) is 16.9 Å². The molecule has 0 radical (unpaired) electrons. The van der Waals surface area contributed by atoms with Crippen LogP contribution in [-0.2, 0) is 0 Å². The fourth-order valence-corrected chi connectivity index (χ4v) is 2.66. The molecule has 0 unspecified atom stereocenters. The molecule has 2 aromatic rings. The summed E-state index contributed by atoms with van der Waals surface area (Å²) in [6.45, 7) is 0. The average Bonchev–Trinajstić information content (AvgIpc) is 2.96. The second-order valence-electron chi connectivity index (χ2n) is 5.26. The molecule has 0 bridgehead atoms. The summed E-state index contributed by atoms with van der Waals surface area (Å²) in [7, 11) is 0. The Balaban J connectivity index is 1.70. The quantitative estimate of drug-likeness (QED) is 0.887. The van der Waals surface area contributed by atoms with E-state index < -0.39 is 0 Å². The standard InChI is InChI=1S/C15H20N4/c16-12-5-7-13(8-6-12)18-14-3-1-4-15(11-14)19-10-2-9-17-19/h1-4,9-13,18H,5-8,16H2. The zero-order chi connectivity index (χ0) is 13.1. The molecule has 4 nitrogen and oxygen atoms in total. The van der Waals surface area contributed by atoms with Crippen LogP contribution in [0.25, 0.3) is 5.69 Å². The normalized spacial score (nSPS) is 23.2. The SMILES string of the molecule is NC1CCC(Nc2cccc(-n3cccn3)c2)CC1. The van der Waals surface area contributed by atoms with Gasteiger partial charge in [-0.15, -0.1) is 0 Å². The molecule has 1 aromatic heterocycles. The third kappa shape index (κ3) is 2.96. The summed E-state index contributed by atoms with van der Waals surface area (Å²) in [5.41, 5.74) is 8.19. The first kappa shape index (κ1) is 12.2. The third-order valence-electron chi connectivity index (χ3n) is 3.76. The van der Waals surface area contributed by atoms with Gasteiger partial charge < -0.3 is 11.1 Å². The Kier molecular flexibility index (Phi) is 3.51. The van der Waals surface area contributed by atoms with E-state index in [4.69, 9.17) is 5.73 Å². The van der Waals surface area contributed by atoms with E-state index in [9.17, 15) is 0 Å². The molecule has 1 saturated carbocycles. The van der Waals surface area contributed by atoms with E-state index in [-0.39, 0.29) is 0 Å². The Morgan fingerprint density at radius 1 is 1.16 bits per heavy atom. The molecule has 3 N–H and O–H groups in total. The molecular formula is C15H20N4. The fraction of sp³-hybridized carbons (Fsp3) is 0.400. The number of anilines is 1. The van der Waals surface area contributed by atoms with Crippen LogP contribution in [0, 0.1) is 0 Å². The molecule has 3 rings (SSSR count). The van der Waals surface area contributed by atoms with Gasteiger partial charge in [-0.3, -0.25) is 0 Å². The number of rotatable bonds is 3. The van der Waals surface area contributed by atoms with E-state index in [1.165, 1.54) is 0 Å². The first-order chi connectivity index (χ1) is 9.31. The first-order valence-electron chi connectivity index (χ1n) is 6.93. The van der Waals surface area contributed by atoms with Crippen molar-refractivity contribution in [1.82, 2.24) is 9.78 Å². The van der Waals surface area contributed by atoms with E-state index >= 15 is 0 Å². The lowest BCUT2D eigenvalue weighted by Crippen LogP contribution is -2.32. The number of nitrogens with one attached hydrogen (secondary N) is 1. The Labute approximate surface area is 113 Å². The van der Waals surface area contributed by atoms with Gasteiger partial charge in [-0.2, -0.15) is 5.10 Å². The first-order valence-corrected chi connectivity index (χ1v) is 6.93. The van der Waals surface area contributed by atoms with Gasteiger partial charge in [0.15, 0.2) is 0 Å². The van der Waals surface area contributed by atoms with Crippen LogP contribution in [0.1, 0.15) is 25.7 Å². The molecule has 19 heavy (non-hydrogen) atoms. The summed E-state index contributed by atoms with van der Waals surface area (Å²) in [6.07, 6.45) is 8.31. The summed E-state index contributed by atoms with van der Waals surface area (Å²) < 4.78 is 1.88. The van der Waals surface area contributed by atoms with Crippen molar-refractivity contribution in [2.45, 2.75) is 37.8 Å². The monoisotopic (exact) mass is 256 g/mol. The summed E-state index contributed by atoms with van der Waals surface area (Å²) in [5, 5.41) is 7.86. The highest BCUT2D eigenvalue weighted by molar-refractivity contribution is 5.51. The molecule has 1 fully saturated rings. The van der Waals surface area contributed by atoms with Crippen molar-refractivity contribution in [1.29, 1.82) is 0 Å². The van der Waals surface area contributed by atoms with Crippen LogP contribution >= 0.6 is 0 Å². The highest BCUT2D eigenvalue weighted by Gasteiger charge is 2.18. The van der Waals surface area contributed by atoms with Crippen LogP contribution in [0.4, 0.5) is 5.69 Å². The second-order valence-corrected chi connectivity index (χ2v) is 5.26. The van der Waals surface area contributed by atoms with Gasteiger partial charge in [0.05, 0.1) is 5.69 Å². The van der Waals surface area contributed by atoms with Crippen molar-refractivity contribution in [2.24, 2.45) is 5.73 Å². The van der Waals surface area contributed by atoms with Crippen molar-refractivity contribution in [2.75, 3.05) is 5.32 Å². The molecule has 0 amide bonds. The Morgan fingerprint density at radius 3 is 2.74 bits per heavy atom. The van der Waals surface area contributed by atoms with Gasteiger partial charge >= 0.3 is 0 Å². The predicted molar refractivity (Wildman–Crippen MR) is 77.4 cm³/mol. The molecule has 1 heterocycles. The molecule has 100 valence electrons. The molecule has 0 saturated heterocycles. The average molecular weight is 256 g/mol. The van der Waals surface area contributed by atoms with Crippen LogP contribution in [0.15, 0.2) is 42.7 Å². The number of nitrogens with two attached hydrogens (primary N) is 1. The smallest absolute Gasteiger partial charge is 0.0666 e. The molecule has 1 aliphatic carbocycles. The van der Waals surface area contributed by atoms with E-state index in [1.54, 1.807) is 6.20 Å². The number of hydrogen-bond acceptors (Lipinski definition) is 3. The lowest BCUT2D eigenvalue weighted by molar-refractivity contribution is 0.411. The van der Waals surface area contributed by atoms with Gasteiger partial charge in [0.1, 0.15) is 0 Å². The Morgan fingerprint density at radius 2 is 2.00 bits per heavy atom. The molecule has 0 spiro atoms. The number of hydrogen-bond donors (Lipinski definition) is 2. The number of aromatic nitrogens is 2. The van der Waals surface area contributed by atoms with Crippen LogP contribution < -0.4 is 11.1 Å². The minimum atomic E-state index is 0.397. The summed E-state index contributed by atoms with van der Waals surface area (Å²) in [6, 6.07) is 11.3. The summed E-state index contributed by atoms with van der Waals surface area (Å²) in [4.78, 5) is 0. The number of nitrogens with zero attached hydrogens (tertiary/aromatic N) is 2. The van der Waals surface area contributed by atoms with Crippen molar-refractivity contribution in [3.05, 3.63) is 42.7 Å². The van der Waals surface area contributed by atoms with E-state index in [0.717, 1.165) is 37.1 Å². The van der Waals surface area contributed by atoms with Crippen LogP contribution in [0.2, 0.25) is 0 Å². The van der Waals surface area contributed by atoms with Gasteiger partial charge in [-0.1, -0.05) is 6.07 Å². The maximum absolute atomic E-state index is 5.94. The van der Waals surface area contributed by atoms with Crippen molar-refractivity contribution in [3.63, 3.8) is 0 Å². The molecule has 1 aromatic carbocycles. The highest BCUT2D eigenvalue weighted by atomic mass is 15.3. The maximum Gasteiger partial charge on any atom is 0.0666 e. The van der Waals surface area contributed by atoms with Crippen LogP contribution in [0.5, 0.6) is 0 Å². The predicted octanol–water partition coefficient (Wildman–Crippen LogP) is 2.55. The fourth-order valence-electron chi connectivity index (χ4n) is 2.66. The van der Waals surface area contributed by atoms with Gasteiger partial charge in [-0.25, -0.2) is 4.68 Å². The number of benzene rings is 1. The molecule has 0 atom stereocenters. The van der Waals surface area contributed by atoms with E-state index in [0.29, 0.717) is 12.1 Å². The minimum absolute atomic E-state index is 0.397. The largest absolute Gasteiger partial charge is 0.382 e. The van der Waals surface area contributed by atoms with Crippen LogP contribution in [-0.4, -0.2) is 21.9 Å². The molecule has 0 aliphatic heterocycles. The summed E-state index contributed by atoms with van der Waals surface area (Å²) in [5.74, 6) is 0. The van der Waals surface area contributed by atoms with Crippen molar-refractivity contribution < 1.29 is 0 Å². The van der Waals surface area contributed by atoms with Gasteiger partial charge in [0, 0.05) is 30.2 Å². The third-order valence-corrected chi connectivity index (χ3v) is 3.76.